The zero-order valence-corrected chi connectivity index (χ0v) is 11.8. The SMILES string of the molecule is CCCCNC(=NCc1ccc(Cl)nc1)NCC. The van der Waals surface area contributed by atoms with Crippen molar-refractivity contribution in [2.24, 2.45) is 4.99 Å². The molecule has 1 aromatic rings. The van der Waals surface area contributed by atoms with Crippen molar-refractivity contribution in [1.82, 2.24) is 15.6 Å². The first-order valence-electron chi connectivity index (χ1n) is 6.38. The molecule has 0 aliphatic carbocycles. The average Bonchev–Trinajstić information content (AvgIpc) is 2.38. The first-order valence-corrected chi connectivity index (χ1v) is 6.76. The van der Waals surface area contributed by atoms with Crippen LogP contribution in [-0.4, -0.2) is 24.0 Å². The highest BCUT2D eigenvalue weighted by Gasteiger charge is 1.97. The largest absolute Gasteiger partial charge is 0.357 e. The first kappa shape index (κ1) is 14.8. The Hall–Kier alpha value is -1.29. The fourth-order valence-corrected chi connectivity index (χ4v) is 1.51. The van der Waals surface area contributed by atoms with Gasteiger partial charge >= 0.3 is 0 Å². The summed E-state index contributed by atoms with van der Waals surface area (Å²) in [6.45, 7) is 6.63. The number of pyridine rings is 1. The molecule has 100 valence electrons. The molecule has 0 spiro atoms. The van der Waals surface area contributed by atoms with Gasteiger partial charge in [-0.25, -0.2) is 9.98 Å². The number of guanidine groups is 1. The minimum atomic E-state index is 0.510. The van der Waals surface area contributed by atoms with Gasteiger partial charge in [0, 0.05) is 19.3 Å². The van der Waals surface area contributed by atoms with Crippen LogP contribution in [0.1, 0.15) is 32.3 Å². The average molecular weight is 269 g/mol. The minimum Gasteiger partial charge on any atom is -0.357 e. The fourth-order valence-electron chi connectivity index (χ4n) is 1.40. The van der Waals surface area contributed by atoms with E-state index in [-0.39, 0.29) is 0 Å². The van der Waals surface area contributed by atoms with Crippen LogP contribution in [0.2, 0.25) is 5.15 Å². The van der Waals surface area contributed by atoms with Crippen molar-refractivity contribution in [3.8, 4) is 0 Å². The van der Waals surface area contributed by atoms with Crippen LogP contribution in [0.5, 0.6) is 0 Å². The maximum atomic E-state index is 5.74. The van der Waals surface area contributed by atoms with Crippen molar-refractivity contribution in [1.29, 1.82) is 0 Å². The van der Waals surface area contributed by atoms with E-state index in [2.05, 4.69) is 34.5 Å². The van der Waals surface area contributed by atoms with Crippen LogP contribution in [0.4, 0.5) is 0 Å². The second kappa shape index (κ2) is 8.75. The molecule has 0 radical (unpaired) electrons. The second-order valence-corrected chi connectivity index (χ2v) is 4.35. The summed E-state index contributed by atoms with van der Waals surface area (Å²) >= 11 is 5.74. The van der Waals surface area contributed by atoms with E-state index in [9.17, 15) is 0 Å². The third-order valence-corrected chi connectivity index (χ3v) is 2.60. The lowest BCUT2D eigenvalue weighted by Crippen LogP contribution is -2.37. The molecule has 0 unspecified atom stereocenters. The Balaban J connectivity index is 2.50. The van der Waals surface area contributed by atoms with Crippen molar-refractivity contribution in [2.45, 2.75) is 33.2 Å². The molecule has 2 N–H and O–H groups in total. The molecule has 1 heterocycles. The summed E-state index contributed by atoms with van der Waals surface area (Å²) in [6, 6.07) is 3.72. The van der Waals surface area contributed by atoms with E-state index >= 15 is 0 Å². The van der Waals surface area contributed by atoms with E-state index in [0.717, 1.165) is 31.0 Å². The number of unbranched alkanes of at least 4 members (excludes halogenated alkanes) is 1. The quantitative estimate of drug-likeness (QED) is 0.361. The number of hydrogen-bond donors (Lipinski definition) is 2. The van der Waals surface area contributed by atoms with E-state index in [0.29, 0.717) is 11.7 Å². The van der Waals surface area contributed by atoms with Gasteiger partial charge < -0.3 is 10.6 Å². The number of halogens is 1. The number of nitrogens with one attached hydrogen (secondary N) is 2. The molecule has 0 aliphatic rings. The molecular formula is C13H21ClN4. The molecule has 5 heteroatoms. The number of aromatic nitrogens is 1. The van der Waals surface area contributed by atoms with E-state index in [1.54, 1.807) is 12.3 Å². The predicted molar refractivity (Wildman–Crippen MR) is 77.0 cm³/mol. The maximum Gasteiger partial charge on any atom is 0.191 e. The maximum absolute atomic E-state index is 5.74. The van der Waals surface area contributed by atoms with Gasteiger partial charge in [-0.2, -0.15) is 0 Å². The summed E-state index contributed by atoms with van der Waals surface area (Å²) in [5.74, 6) is 0.848. The number of aliphatic imine (C=N–C) groups is 1. The lowest BCUT2D eigenvalue weighted by Gasteiger charge is -2.10. The van der Waals surface area contributed by atoms with Gasteiger partial charge in [-0.15, -0.1) is 0 Å². The number of hydrogen-bond acceptors (Lipinski definition) is 2. The Morgan fingerprint density at radius 3 is 2.78 bits per heavy atom. The summed E-state index contributed by atoms with van der Waals surface area (Å²) in [5, 5.41) is 7.02. The van der Waals surface area contributed by atoms with Crippen LogP contribution in [0.15, 0.2) is 23.3 Å². The summed E-state index contributed by atoms with van der Waals surface area (Å²) in [7, 11) is 0. The van der Waals surface area contributed by atoms with E-state index in [4.69, 9.17) is 11.6 Å². The fraction of sp³-hybridized carbons (Fsp3) is 0.538. The topological polar surface area (TPSA) is 49.3 Å². The molecule has 0 aliphatic heterocycles. The van der Waals surface area contributed by atoms with Gasteiger partial charge in [0.05, 0.1) is 6.54 Å². The van der Waals surface area contributed by atoms with Crippen LogP contribution in [0.3, 0.4) is 0 Å². The molecule has 0 fully saturated rings. The molecule has 18 heavy (non-hydrogen) atoms. The smallest absolute Gasteiger partial charge is 0.191 e. The highest BCUT2D eigenvalue weighted by molar-refractivity contribution is 6.29. The van der Waals surface area contributed by atoms with Gasteiger partial charge in [-0.05, 0) is 25.0 Å². The van der Waals surface area contributed by atoms with Crippen molar-refractivity contribution >= 4 is 17.6 Å². The lowest BCUT2D eigenvalue weighted by molar-refractivity contribution is 0.730. The van der Waals surface area contributed by atoms with Gasteiger partial charge in [0.1, 0.15) is 5.15 Å². The van der Waals surface area contributed by atoms with Crippen LogP contribution < -0.4 is 10.6 Å². The zero-order chi connectivity index (χ0) is 13.2. The van der Waals surface area contributed by atoms with Crippen LogP contribution in [0.25, 0.3) is 0 Å². The Morgan fingerprint density at radius 2 is 2.17 bits per heavy atom. The molecule has 4 nitrogen and oxygen atoms in total. The summed E-state index contributed by atoms with van der Waals surface area (Å²) in [5.41, 5.74) is 1.05. The third kappa shape index (κ3) is 5.87. The number of nitrogens with zero attached hydrogens (tertiary/aromatic N) is 2. The molecule has 1 rings (SSSR count). The van der Waals surface area contributed by atoms with E-state index in [1.165, 1.54) is 6.42 Å². The Kier molecular flexibility index (Phi) is 7.18. The van der Waals surface area contributed by atoms with Crippen LogP contribution in [-0.2, 0) is 6.54 Å². The van der Waals surface area contributed by atoms with Gasteiger partial charge in [0.2, 0.25) is 0 Å². The van der Waals surface area contributed by atoms with Crippen molar-refractivity contribution in [3.05, 3.63) is 29.0 Å². The van der Waals surface area contributed by atoms with E-state index < -0.39 is 0 Å². The predicted octanol–water partition coefficient (Wildman–Crippen LogP) is 2.59. The van der Waals surface area contributed by atoms with Crippen LogP contribution >= 0.6 is 11.6 Å². The molecule has 0 amide bonds. The molecule has 0 bridgehead atoms. The Bertz CT molecular complexity index is 362. The molecule has 0 saturated carbocycles. The Labute approximate surface area is 114 Å². The van der Waals surface area contributed by atoms with Gasteiger partial charge in [0.15, 0.2) is 5.96 Å². The molecule has 0 aromatic carbocycles. The molecule has 0 saturated heterocycles. The minimum absolute atomic E-state index is 0.510. The second-order valence-electron chi connectivity index (χ2n) is 3.96. The van der Waals surface area contributed by atoms with Crippen molar-refractivity contribution in [3.63, 3.8) is 0 Å². The lowest BCUT2D eigenvalue weighted by atomic mass is 10.3. The normalized spacial score (nSPS) is 11.4. The zero-order valence-electron chi connectivity index (χ0n) is 11.0. The van der Waals surface area contributed by atoms with Gasteiger partial charge in [-0.3, -0.25) is 0 Å². The highest BCUT2D eigenvalue weighted by atomic mass is 35.5. The first-order chi connectivity index (χ1) is 8.76. The molecular weight excluding hydrogens is 248 g/mol. The van der Waals surface area contributed by atoms with E-state index in [1.807, 2.05) is 6.07 Å². The monoisotopic (exact) mass is 268 g/mol. The van der Waals surface area contributed by atoms with Crippen molar-refractivity contribution in [2.75, 3.05) is 13.1 Å². The third-order valence-electron chi connectivity index (χ3n) is 2.38. The molecule has 0 atom stereocenters. The summed E-state index contributed by atoms with van der Waals surface area (Å²) in [6.07, 6.45) is 4.07. The number of rotatable bonds is 6. The standard InChI is InChI=1S/C13H21ClN4/c1-3-5-8-16-13(15-4-2)18-10-11-6-7-12(14)17-9-11/h6-7,9H,3-5,8,10H2,1-2H3,(H2,15,16,18). The Morgan fingerprint density at radius 1 is 1.33 bits per heavy atom. The molecule has 1 aromatic heterocycles. The summed E-state index contributed by atoms with van der Waals surface area (Å²) < 4.78 is 0. The van der Waals surface area contributed by atoms with Crippen molar-refractivity contribution < 1.29 is 0 Å². The van der Waals surface area contributed by atoms with Crippen LogP contribution in [0, 0.1) is 0 Å². The highest BCUT2D eigenvalue weighted by Crippen LogP contribution is 2.05. The van der Waals surface area contributed by atoms with Gasteiger partial charge in [0.25, 0.3) is 0 Å². The summed E-state index contributed by atoms with van der Waals surface area (Å²) in [4.78, 5) is 8.53. The van der Waals surface area contributed by atoms with Gasteiger partial charge in [-0.1, -0.05) is 31.0 Å².